The van der Waals surface area contributed by atoms with Crippen LogP contribution in [-0.4, -0.2) is 27.5 Å². The molecule has 2 rings (SSSR count). The lowest BCUT2D eigenvalue weighted by atomic mass is 10.1. The van der Waals surface area contributed by atoms with Crippen molar-refractivity contribution in [3.63, 3.8) is 0 Å². The third-order valence-electron chi connectivity index (χ3n) is 3.61. The molecule has 134 valence electrons. The second-order valence-electron chi connectivity index (χ2n) is 5.29. The molecule has 0 heterocycles. The maximum Gasteiger partial charge on any atom is 0.326 e. The Balaban J connectivity index is 2.45. The van der Waals surface area contributed by atoms with Gasteiger partial charge in [-0.25, -0.2) is 12.8 Å². The van der Waals surface area contributed by atoms with Crippen molar-refractivity contribution in [1.29, 1.82) is 0 Å². The Morgan fingerprint density at radius 2 is 1.64 bits per heavy atom. The first-order valence-corrected chi connectivity index (χ1v) is 9.35. The van der Waals surface area contributed by atoms with E-state index in [0.717, 1.165) is 28.4 Å². The number of benzene rings is 2. The summed E-state index contributed by atoms with van der Waals surface area (Å²) in [6, 6.07) is 11.3. The molecule has 0 radical (unpaired) electrons. The highest BCUT2D eigenvalue weighted by Gasteiger charge is 2.27. The molecule has 25 heavy (non-hydrogen) atoms. The van der Waals surface area contributed by atoms with Crippen LogP contribution in [-0.2, 0) is 26.0 Å². The van der Waals surface area contributed by atoms with Crippen LogP contribution in [0.3, 0.4) is 0 Å². The monoisotopic (exact) mass is 365 g/mol. The van der Waals surface area contributed by atoms with Crippen LogP contribution in [0.1, 0.15) is 19.4 Å². The van der Waals surface area contributed by atoms with Gasteiger partial charge in [-0.1, -0.05) is 19.1 Å². The van der Waals surface area contributed by atoms with Gasteiger partial charge in [0.1, 0.15) is 12.4 Å². The summed E-state index contributed by atoms with van der Waals surface area (Å²) in [4.78, 5) is 11.8. The zero-order chi connectivity index (χ0) is 18.4. The minimum absolute atomic E-state index is 0.0993. The van der Waals surface area contributed by atoms with Gasteiger partial charge in [-0.2, -0.15) is 0 Å². The molecule has 0 unspecified atom stereocenters. The summed E-state index contributed by atoms with van der Waals surface area (Å²) in [7, 11) is -4.04. The molecule has 0 aliphatic rings. The van der Waals surface area contributed by atoms with Gasteiger partial charge in [0.05, 0.1) is 17.2 Å². The van der Waals surface area contributed by atoms with Crippen LogP contribution in [0.15, 0.2) is 53.4 Å². The van der Waals surface area contributed by atoms with E-state index in [1.165, 1.54) is 12.1 Å². The number of aryl methyl sites for hydroxylation is 1. The lowest BCUT2D eigenvalue weighted by Crippen LogP contribution is -2.36. The Hall–Kier alpha value is -2.41. The maximum atomic E-state index is 13.1. The molecule has 0 amide bonds. The fourth-order valence-corrected chi connectivity index (χ4v) is 3.68. The lowest BCUT2D eigenvalue weighted by molar-refractivity contribution is -0.141. The van der Waals surface area contributed by atoms with E-state index in [0.29, 0.717) is 5.69 Å². The van der Waals surface area contributed by atoms with Crippen molar-refractivity contribution in [2.45, 2.75) is 25.2 Å². The van der Waals surface area contributed by atoms with E-state index in [-0.39, 0.29) is 11.5 Å². The fourth-order valence-electron chi connectivity index (χ4n) is 2.27. The summed E-state index contributed by atoms with van der Waals surface area (Å²) in [5.41, 5.74) is 1.38. The van der Waals surface area contributed by atoms with Crippen molar-refractivity contribution in [3.8, 4) is 0 Å². The van der Waals surface area contributed by atoms with E-state index >= 15 is 0 Å². The SMILES string of the molecule is CCOC(=O)CN(c1ccc(CC)cc1)S(=O)(=O)c1ccc(F)cc1. The number of rotatable bonds is 7. The second kappa shape index (κ2) is 8.11. The zero-order valence-corrected chi connectivity index (χ0v) is 14.9. The fraction of sp³-hybridized carbons (Fsp3) is 0.278. The van der Waals surface area contributed by atoms with E-state index in [9.17, 15) is 17.6 Å². The van der Waals surface area contributed by atoms with Crippen molar-refractivity contribution in [2.75, 3.05) is 17.5 Å². The van der Waals surface area contributed by atoms with Crippen LogP contribution in [0.2, 0.25) is 0 Å². The summed E-state index contributed by atoms with van der Waals surface area (Å²) >= 11 is 0. The average Bonchev–Trinajstić information content (AvgIpc) is 2.60. The summed E-state index contributed by atoms with van der Waals surface area (Å²) < 4.78 is 44.8. The van der Waals surface area contributed by atoms with Gasteiger partial charge in [0.15, 0.2) is 0 Å². The van der Waals surface area contributed by atoms with Crippen molar-refractivity contribution < 1.29 is 22.3 Å². The third-order valence-corrected chi connectivity index (χ3v) is 5.40. The minimum atomic E-state index is -4.04. The van der Waals surface area contributed by atoms with E-state index in [4.69, 9.17) is 4.74 Å². The minimum Gasteiger partial charge on any atom is -0.465 e. The number of sulfonamides is 1. The molecular formula is C18H20FNO4S. The highest BCUT2D eigenvalue weighted by molar-refractivity contribution is 7.92. The van der Waals surface area contributed by atoms with Crippen molar-refractivity contribution in [1.82, 2.24) is 0 Å². The van der Waals surface area contributed by atoms with Gasteiger partial charge in [0.25, 0.3) is 10.0 Å². The zero-order valence-electron chi connectivity index (χ0n) is 14.1. The van der Waals surface area contributed by atoms with Crippen LogP contribution >= 0.6 is 0 Å². The number of hydrogen-bond donors (Lipinski definition) is 0. The molecule has 5 nitrogen and oxygen atoms in total. The van der Waals surface area contributed by atoms with Gasteiger partial charge in [0.2, 0.25) is 0 Å². The normalized spacial score (nSPS) is 11.2. The van der Waals surface area contributed by atoms with Gasteiger partial charge >= 0.3 is 5.97 Å². The summed E-state index contributed by atoms with van der Waals surface area (Å²) in [6.45, 7) is 3.32. The van der Waals surface area contributed by atoms with Crippen molar-refractivity contribution in [3.05, 3.63) is 59.9 Å². The van der Waals surface area contributed by atoms with Crippen molar-refractivity contribution in [2.24, 2.45) is 0 Å². The van der Waals surface area contributed by atoms with E-state index in [2.05, 4.69) is 0 Å². The molecule has 0 spiro atoms. The quantitative estimate of drug-likeness (QED) is 0.707. The average molecular weight is 365 g/mol. The Morgan fingerprint density at radius 3 is 2.16 bits per heavy atom. The number of carbonyl (C=O) groups is 1. The predicted octanol–water partition coefficient (Wildman–Crippen LogP) is 3.15. The Morgan fingerprint density at radius 1 is 1.04 bits per heavy atom. The highest BCUT2D eigenvalue weighted by Crippen LogP contribution is 2.24. The molecule has 0 bridgehead atoms. The molecule has 0 atom stereocenters. The maximum absolute atomic E-state index is 13.1. The number of nitrogens with zero attached hydrogens (tertiary/aromatic N) is 1. The molecule has 0 aliphatic heterocycles. The number of ether oxygens (including phenoxy) is 1. The van der Waals surface area contributed by atoms with E-state index < -0.39 is 28.4 Å². The largest absolute Gasteiger partial charge is 0.465 e. The first kappa shape index (κ1) is 18.9. The van der Waals surface area contributed by atoms with Gasteiger partial charge in [-0.15, -0.1) is 0 Å². The molecule has 0 saturated heterocycles. The lowest BCUT2D eigenvalue weighted by Gasteiger charge is -2.23. The Bertz CT molecular complexity index is 817. The van der Waals surface area contributed by atoms with Crippen LogP contribution in [0, 0.1) is 5.82 Å². The topological polar surface area (TPSA) is 63.7 Å². The first-order chi connectivity index (χ1) is 11.9. The standard InChI is InChI=1S/C18H20FNO4S/c1-3-14-5-9-16(10-6-14)20(13-18(21)24-4-2)25(22,23)17-11-7-15(19)8-12-17/h5-12H,3-4,13H2,1-2H3. The molecule has 0 N–H and O–H groups in total. The Labute approximate surface area is 147 Å². The number of esters is 1. The van der Waals surface area contributed by atoms with E-state index in [1.54, 1.807) is 31.2 Å². The number of anilines is 1. The van der Waals surface area contributed by atoms with Crippen LogP contribution in [0.25, 0.3) is 0 Å². The van der Waals surface area contributed by atoms with Crippen LogP contribution in [0.4, 0.5) is 10.1 Å². The van der Waals surface area contributed by atoms with Gasteiger partial charge < -0.3 is 4.74 Å². The van der Waals surface area contributed by atoms with Crippen LogP contribution in [0.5, 0.6) is 0 Å². The third kappa shape index (κ3) is 4.57. The molecular weight excluding hydrogens is 345 g/mol. The number of halogens is 1. The molecule has 0 fully saturated rings. The number of hydrogen-bond acceptors (Lipinski definition) is 4. The van der Waals surface area contributed by atoms with E-state index in [1.807, 2.05) is 6.92 Å². The predicted molar refractivity (Wildman–Crippen MR) is 93.4 cm³/mol. The molecule has 2 aromatic carbocycles. The summed E-state index contributed by atoms with van der Waals surface area (Å²) in [6.07, 6.45) is 0.808. The molecule has 0 aliphatic carbocycles. The second-order valence-corrected chi connectivity index (χ2v) is 7.15. The number of carbonyl (C=O) groups excluding carboxylic acids is 1. The summed E-state index contributed by atoms with van der Waals surface area (Å²) in [5, 5.41) is 0. The van der Waals surface area contributed by atoms with Gasteiger partial charge in [-0.3, -0.25) is 9.10 Å². The van der Waals surface area contributed by atoms with Crippen LogP contribution < -0.4 is 4.31 Å². The van der Waals surface area contributed by atoms with Crippen molar-refractivity contribution >= 4 is 21.7 Å². The van der Waals surface area contributed by atoms with Gasteiger partial charge in [-0.05, 0) is 55.3 Å². The molecule has 7 heteroatoms. The van der Waals surface area contributed by atoms with Gasteiger partial charge in [0, 0.05) is 0 Å². The first-order valence-electron chi connectivity index (χ1n) is 7.91. The smallest absolute Gasteiger partial charge is 0.326 e. The Kier molecular flexibility index (Phi) is 6.14. The molecule has 0 saturated carbocycles. The molecule has 2 aromatic rings. The summed E-state index contributed by atoms with van der Waals surface area (Å²) in [5.74, 6) is -1.20. The highest BCUT2D eigenvalue weighted by atomic mass is 32.2. The molecule has 0 aromatic heterocycles.